The van der Waals surface area contributed by atoms with E-state index in [1.54, 1.807) is 0 Å². The largest absolute Gasteiger partial charge is 0.316 e. The predicted octanol–water partition coefficient (Wildman–Crippen LogP) is 3.98. The van der Waals surface area contributed by atoms with E-state index in [9.17, 15) is 10.1 Å². The minimum Gasteiger partial charge on any atom is -0.316 e. The van der Waals surface area contributed by atoms with Gasteiger partial charge in [0, 0.05) is 28.7 Å². The van der Waals surface area contributed by atoms with Crippen LogP contribution in [0, 0.1) is 11.3 Å². The maximum Gasteiger partial charge on any atom is 0.249 e. The summed E-state index contributed by atoms with van der Waals surface area (Å²) >= 11 is 2.97. The number of nitriles is 1. The summed E-state index contributed by atoms with van der Waals surface area (Å²) in [6, 6.07) is 15.7. The standard InChI is InChI=1S/C20H15N5OS2/c21-10-16-15(17-5-2-6-27-17)9-19(26)24-20(16)28-11-14-4-1-3-13(7-14)8-18-22-12-23-25-18/h1-7,9,12H,8,11H2,(H,24,26)(H,22,23,25). The van der Waals surface area contributed by atoms with Gasteiger partial charge in [-0.05, 0) is 22.6 Å². The molecular formula is C20H15N5OS2. The number of nitrogens with one attached hydrogen (secondary N) is 2. The molecule has 0 aliphatic rings. The predicted molar refractivity (Wildman–Crippen MR) is 110 cm³/mol. The van der Waals surface area contributed by atoms with Crippen molar-refractivity contribution in [3.63, 3.8) is 0 Å². The fourth-order valence-corrected chi connectivity index (χ4v) is 4.59. The van der Waals surface area contributed by atoms with Gasteiger partial charge >= 0.3 is 0 Å². The van der Waals surface area contributed by atoms with Crippen LogP contribution in [0.4, 0.5) is 0 Å². The van der Waals surface area contributed by atoms with Gasteiger partial charge in [0.1, 0.15) is 18.2 Å². The number of thioether (sulfide) groups is 1. The molecule has 0 amide bonds. The maximum atomic E-state index is 12.1. The average molecular weight is 406 g/mol. The van der Waals surface area contributed by atoms with E-state index in [-0.39, 0.29) is 5.56 Å². The Labute approximate surface area is 169 Å². The average Bonchev–Trinajstić information content (AvgIpc) is 3.40. The lowest BCUT2D eigenvalue weighted by Crippen LogP contribution is -2.08. The summed E-state index contributed by atoms with van der Waals surface area (Å²) in [6.45, 7) is 0. The third-order valence-electron chi connectivity index (χ3n) is 4.12. The molecule has 3 aromatic heterocycles. The minimum absolute atomic E-state index is 0.205. The van der Waals surface area contributed by atoms with Gasteiger partial charge in [-0.1, -0.05) is 30.3 Å². The van der Waals surface area contributed by atoms with Crippen molar-refractivity contribution in [1.29, 1.82) is 5.26 Å². The van der Waals surface area contributed by atoms with Crippen LogP contribution >= 0.6 is 23.1 Å². The maximum absolute atomic E-state index is 12.1. The normalized spacial score (nSPS) is 10.7. The van der Waals surface area contributed by atoms with Crippen LogP contribution in [0.25, 0.3) is 10.4 Å². The fourth-order valence-electron chi connectivity index (χ4n) is 2.88. The first-order valence-electron chi connectivity index (χ1n) is 8.49. The fraction of sp³-hybridized carbons (Fsp3) is 0.100. The van der Waals surface area contributed by atoms with Crippen molar-refractivity contribution in [3.05, 3.63) is 87.0 Å². The molecule has 0 aliphatic carbocycles. The molecule has 0 aliphatic heterocycles. The Balaban J connectivity index is 1.57. The van der Waals surface area contributed by atoms with Gasteiger partial charge < -0.3 is 4.98 Å². The smallest absolute Gasteiger partial charge is 0.249 e. The highest BCUT2D eigenvalue weighted by molar-refractivity contribution is 7.98. The molecule has 0 bridgehead atoms. The lowest BCUT2D eigenvalue weighted by Gasteiger charge is -2.08. The first kappa shape index (κ1) is 18.2. The van der Waals surface area contributed by atoms with Crippen LogP contribution in [-0.4, -0.2) is 20.2 Å². The number of rotatable bonds is 6. The van der Waals surface area contributed by atoms with Crippen LogP contribution in [0.2, 0.25) is 0 Å². The van der Waals surface area contributed by atoms with Crippen LogP contribution in [0.3, 0.4) is 0 Å². The van der Waals surface area contributed by atoms with Crippen molar-refractivity contribution in [2.45, 2.75) is 17.2 Å². The molecule has 0 fully saturated rings. The molecule has 1 aromatic carbocycles. The molecular weight excluding hydrogens is 390 g/mol. The van der Waals surface area contributed by atoms with E-state index in [1.165, 1.54) is 35.5 Å². The molecule has 0 unspecified atom stereocenters. The van der Waals surface area contributed by atoms with Gasteiger partial charge in [0.2, 0.25) is 5.56 Å². The minimum atomic E-state index is -0.205. The number of benzene rings is 1. The highest BCUT2D eigenvalue weighted by Crippen LogP contribution is 2.32. The first-order chi connectivity index (χ1) is 13.7. The molecule has 3 heterocycles. The number of H-pyrrole nitrogens is 2. The van der Waals surface area contributed by atoms with Crippen molar-refractivity contribution < 1.29 is 0 Å². The molecule has 8 heteroatoms. The van der Waals surface area contributed by atoms with Crippen LogP contribution in [-0.2, 0) is 12.2 Å². The van der Waals surface area contributed by atoms with E-state index < -0.39 is 0 Å². The van der Waals surface area contributed by atoms with Crippen molar-refractivity contribution in [2.24, 2.45) is 0 Å². The SMILES string of the molecule is N#Cc1c(-c2cccs2)cc(=O)[nH]c1SCc1cccc(Cc2ncn[nH]2)c1. The molecule has 2 N–H and O–H groups in total. The summed E-state index contributed by atoms with van der Waals surface area (Å²) in [4.78, 5) is 20.0. The molecule has 0 saturated carbocycles. The molecule has 0 radical (unpaired) electrons. The van der Waals surface area contributed by atoms with Gasteiger partial charge in [-0.15, -0.1) is 23.1 Å². The lowest BCUT2D eigenvalue weighted by atomic mass is 10.1. The number of aromatic amines is 2. The Morgan fingerprint density at radius 1 is 1.18 bits per heavy atom. The number of hydrogen-bond acceptors (Lipinski definition) is 6. The van der Waals surface area contributed by atoms with Crippen LogP contribution in [0.15, 0.2) is 64.0 Å². The monoisotopic (exact) mass is 405 g/mol. The van der Waals surface area contributed by atoms with Crippen molar-refractivity contribution >= 4 is 23.1 Å². The molecule has 4 aromatic rings. The second-order valence-electron chi connectivity index (χ2n) is 6.06. The third kappa shape index (κ3) is 4.06. The number of aromatic nitrogens is 4. The highest BCUT2D eigenvalue weighted by atomic mass is 32.2. The van der Waals surface area contributed by atoms with Crippen molar-refractivity contribution in [1.82, 2.24) is 20.2 Å². The Bertz CT molecular complexity index is 1170. The number of pyridine rings is 1. The van der Waals surface area contributed by atoms with Crippen molar-refractivity contribution in [3.8, 4) is 16.5 Å². The van der Waals surface area contributed by atoms with E-state index in [1.807, 2.05) is 35.7 Å². The lowest BCUT2D eigenvalue weighted by molar-refractivity contribution is 0.971. The molecule has 28 heavy (non-hydrogen) atoms. The summed E-state index contributed by atoms with van der Waals surface area (Å²) in [7, 11) is 0. The molecule has 0 saturated heterocycles. The Morgan fingerprint density at radius 2 is 2.07 bits per heavy atom. The van der Waals surface area contributed by atoms with Gasteiger partial charge in [0.15, 0.2) is 0 Å². The van der Waals surface area contributed by atoms with Crippen LogP contribution < -0.4 is 5.56 Å². The zero-order valence-corrected chi connectivity index (χ0v) is 16.3. The van der Waals surface area contributed by atoms with Gasteiger partial charge in [0.05, 0.1) is 10.6 Å². The highest BCUT2D eigenvalue weighted by Gasteiger charge is 2.14. The summed E-state index contributed by atoms with van der Waals surface area (Å²) < 4.78 is 0. The van der Waals surface area contributed by atoms with E-state index in [0.717, 1.165) is 21.8 Å². The number of hydrogen-bond donors (Lipinski definition) is 2. The Morgan fingerprint density at radius 3 is 2.82 bits per heavy atom. The third-order valence-corrected chi connectivity index (χ3v) is 6.09. The van der Waals surface area contributed by atoms with Crippen LogP contribution in [0.1, 0.15) is 22.5 Å². The quantitative estimate of drug-likeness (QED) is 0.473. The Hall–Kier alpha value is -3.15. The summed E-state index contributed by atoms with van der Waals surface area (Å²) in [5.41, 5.74) is 3.21. The zero-order valence-electron chi connectivity index (χ0n) is 14.7. The van der Waals surface area contributed by atoms with Crippen molar-refractivity contribution in [2.75, 3.05) is 0 Å². The molecule has 0 atom stereocenters. The number of nitrogens with zero attached hydrogens (tertiary/aromatic N) is 3. The number of thiophene rings is 1. The van der Waals surface area contributed by atoms with E-state index >= 15 is 0 Å². The zero-order chi connectivity index (χ0) is 19.3. The second kappa shape index (κ2) is 8.25. The van der Waals surface area contributed by atoms with Gasteiger partial charge in [0.25, 0.3) is 0 Å². The second-order valence-corrected chi connectivity index (χ2v) is 7.99. The molecule has 0 spiro atoms. The molecule has 4 rings (SSSR count). The topological polar surface area (TPSA) is 98.2 Å². The van der Waals surface area contributed by atoms with Gasteiger partial charge in [-0.25, -0.2) is 4.98 Å². The molecule has 6 nitrogen and oxygen atoms in total. The summed E-state index contributed by atoms with van der Waals surface area (Å²) in [5.74, 6) is 1.45. The first-order valence-corrected chi connectivity index (χ1v) is 10.4. The van der Waals surface area contributed by atoms with E-state index in [0.29, 0.717) is 28.3 Å². The molecule has 138 valence electrons. The van der Waals surface area contributed by atoms with Gasteiger partial charge in [-0.2, -0.15) is 10.4 Å². The summed E-state index contributed by atoms with van der Waals surface area (Å²) in [6.07, 6.45) is 2.17. The van der Waals surface area contributed by atoms with E-state index in [2.05, 4.69) is 32.3 Å². The summed E-state index contributed by atoms with van der Waals surface area (Å²) in [5, 5.41) is 18.9. The van der Waals surface area contributed by atoms with Crippen LogP contribution in [0.5, 0.6) is 0 Å². The Kier molecular flexibility index (Phi) is 5.37. The van der Waals surface area contributed by atoms with E-state index in [4.69, 9.17) is 0 Å². The van der Waals surface area contributed by atoms with Gasteiger partial charge in [-0.3, -0.25) is 9.89 Å².